The molecule has 0 saturated heterocycles. The van der Waals surface area contributed by atoms with Crippen LogP contribution in [-0.4, -0.2) is 53.0 Å². The first-order chi connectivity index (χ1) is 6.85. The average Bonchev–Trinajstić information content (AvgIpc) is 2.20. The van der Waals surface area contributed by atoms with Gasteiger partial charge in [0.05, 0.1) is 0 Å². The van der Waals surface area contributed by atoms with Crippen molar-refractivity contribution in [1.29, 1.82) is 0 Å². The molecule has 0 aliphatic heterocycles. The summed E-state index contributed by atoms with van der Waals surface area (Å²) in [6, 6.07) is 0. The molecule has 0 fully saturated rings. The summed E-state index contributed by atoms with van der Waals surface area (Å²) in [4.78, 5) is 0. The maximum atomic E-state index is 12.1. The minimum absolute atomic E-state index is 0.881. The van der Waals surface area contributed by atoms with Gasteiger partial charge in [-0.2, -0.15) is 13.2 Å². The molecule has 4 nitrogen and oxygen atoms in total. The van der Waals surface area contributed by atoms with Gasteiger partial charge in [0.15, 0.2) is 0 Å². The fraction of sp³-hybridized carbons (Fsp3) is 1.00. The molecule has 9 heteroatoms. The van der Waals surface area contributed by atoms with Crippen molar-refractivity contribution < 1.29 is 30.9 Å². The number of rotatable bonds is 4. The second kappa shape index (κ2) is 8.24. The van der Waals surface area contributed by atoms with Gasteiger partial charge in [-0.25, -0.2) is 0 Å². The van der Waals surface area contributed by atoms with Crippen molar-refractivity contribution in [2.75, 3.05) is 27.9 Å². The van der Waals surface area contributed by atoms with Crippen molar-refractivity contribution in [3.63, 3.8) is 0 Å². The van der Waals surface area contributed by atoms with Gasteiger partial charge in [-0.1, -0.05) is 0 Å². The van der Waals surface area contributed by atoms with Gasteiger partial charge in [0.25, 0.3) is 0 Å². The molecule has 0 aromatic rings. The van der Waals surface area contributed by atoms with Crippen LogP contribution in [0.5, 0.6) is 0 Å². The Hall–Kier alpha value is 0.0638. The van der Waals surface area contributed by atoms with E-state index < -0.39 is 14.6 Å². The predicted molar refractivity (Wildman–Crippen MR) is 54.4 cm³/mol. The summed E-state index contributed by atoms with van der Waals surface area (Å²) in [6.07, 6.45) is 0. The molecule has 94 valence electrons. The molecular weight excluding hydrogens is 249 g/mol. The third kappa shape index (κ3) is 5.63. The molecule has 0 atom stereocenters. The van der Waals surface area contributed by atoms with E-state index in [9.17, 15) is 13.2 Å². The highest BCUT2D eigenvalue weighted by Crippen LogP contribution is 2.29. The van der Waals surface area contributed by atoms with E-state index in [0.29, 0.717) is 0 Å². The van der Waals surface area contributed by atoms with Crippen LogP contribution in [0.4, 0.5) is 13.2 Å². The van der Waals surface area contributed by atoms with Gasteiger partial charge in [-0.15, -0.1) is 0 Å². The molecule has 0 radical (unpaired) electrons. The van der Waals surface area contributed by atoms with Gasteiger partial charge >= 0.3 is 14.6 Å². The molecule has 0 aromatic carbocycles. The van der Waals surface area contributed by atoms with Gasteiger partial charge in [0.1, 0.15) is 10.5 Å². The van der Waals surface area contributed by atoms with Gasteiger partial charge in [0, 0.05) is 27.9 Å². The molecule has 0 amide bonds. The van der Waals surface area contributed by atoms with Gasteiger partial charge in [0.2, 0.25) is 0 Å². The number of hydrogen-bond acceptors (Lipinski definition) is 4. The Morgan fingerprint density at radius 3 is 1.33 bits per heavy atom. The summed E-state index contributed by atoms with van der Waals surface area (Å²) in [7, 11) is -0.801. The molecule has 0 aliphatic carbocycles. The zero-order valence-electron chi connectivity index (χ0n) is 9.47. The molecule has 0 aliphatic rings. The monoisotopic (exact) mass is 266 g/mol. The van der Waals surface area contributed by atoms with Crippen molar-refractivity contribution in [2.24, 2.45) is 0 Å². The lowest BCUT2D eigenvalue weighted by Gasteiger charge is -2.25. The number of alkyl halides is 3. The fourth-order valence-corrected chi connectivity index (χ4v) is 1.79. The summed E-state index contributed by atoms with van der Waals surface area (Å²) in [5.41, 5.74) is 0. The second-order valence-electron chi connectivity index (χ2n) is 2.24. The Morgan fingerprint density at radius 1 is 1.07 bits per heavy atom. The van der Waals surface area contributed by atoms with E-state index >= 15 is 0 Å². The molecule has 0 aromatic heterocycles. The van der Waals surface area contributed by atoms with E-state index in [4.69, 9.17) is 0 Å². The highest BCUT2D eigenvalue weighted by atomic mass is 28.4. The highest BCUT2D eigenvalue weighted by molar-refractivity contribution is 6.62. The summed E-state index contributed by atoms with van der Waals surface area (Å²) in [5, 5.41) is 0. The first-order valence-electron chi connectivity index (χ1n) is 4.06. The summed E-state index contributed by atoms with van der Waals surface area (Å²) >= 11 is 0. The SMILES string of the molecule is CCO[SiH3].CO[Si](OC)(OC)C(F)(F)F. The predicted octanol–water partition coefficient (Wildman–Crippen LogP) is 0.269. The molecular formula is C6H17F3O4Si2. The molecule has 0 saturated carbocycles. The van der Waals surface area contributed by atoms with E-state index in [1.165, 1.54) is 0 Å². The van der Waals surface area contributed by atoms with Crippen molar-refractivity contribution in [1.82, 2.24) is 0 Å². The van der Waals surface area contributed by atoms with E-state index in [-0.39, 0.29) is 0 Å². The van der Waals surface area contributed by atoms with Crippen LogP contribution in [0.15, 0.2) is 0 Å². The lowest BCUT2D eigenvalue weighted by Crippen LogP contribution is -2.56. The zero-order valence-corrected chi connectivity index (χ0v) is 12.5. The van der Waals surface area contributed by atoms with Crippen molar-refractivity contribution >= 4 is 19.3 Å². The van der Waals surface area contributed by atoms with Crippen LogP contribution >= 0.6 is 0 Å². The van der Waals surface area contributed by atoms with Crippen LogP contribution in [0.25, 0.3) is 0 Å². The quantitative estimate of drug-likeness (QED) is 0.685. The lowest BCUT2D eigenvalue weighted by molar-refractivity contribution is -0.122. The maximum absolute atomic E-state index is 12.1. The third-order valence-corrected chi connectivity index (χ3v) is 4.33. The average molecular weight is 266 g/mol. The van der Waals surface area contributed by atoms with Crippen LogP contribution in [-0.2, 0) is 17.7 Å². The summed E-state index contributed by atoms with van der Waals surface area (Å²) in [5.74, 6) is -4.56. The molecule has 0 rings (SSSR count). The first-order valence-corrected chi connectivity index (χ1v) is 6.60. The number of hydrogen-bond donors (Lipinski definition) is 0. The third-order valence-electron chi connectivity index (χ3n) is 1.44. The molecule has 0 bridgehead atoms. The normalized spacial score (nSPS) is 12.2. The second-order valence-corrected chi connectivity index (χ2v) is 5.73. The molecule has 0 unspecified atom stereocenters. The van der Waals surface area contributed by atoms with Crippen LogP contribution in [0, 0.1) is 0 Å². The zero-order chi connectivity index (χ0) is 12.5. The smallest absolute Gasteiger partial charge is 0.428 e. The van der Waals surface area contributed by atoms with Gasteiger partial charge in [-0.3, -0.25) is 0 Å². The van der Waals surface area contributed by atoms with E-state index in [0.717, 1.165) is 38.4 Å². The van der Waals surface area contributed by atoms with Gasteiger partial charge in [-0.05, 0) is 6.92 Å². The molecule has 15 heavy (non-hydrogen) atoms. The lowest BCUT2D eigenvalue weighted by atomic mass is 10.9. The van der Waals surface area contributed by atoms with Crippen LogP contribution in [0.1, 0.15) is 6.92 Å². The van der Waals surface area contributed by atoms with E-state index in [1.807, 2.05) is 6.92 Å². The summed E-state index contributed by atoms with van der Waals surface area (Å²) in [6.45, 7) is 2.87. The Morgan fingerprint density at radius 2 is 1.33 bits per heavy atom. The summed E-state index contributed by atoms with van der Waals surface area (Å²) < 4.78 is 53.4. The van der Waals surface area contributed by atoms with Crippen molar-refractivity contribution in [3.05, 3.63) is 0 Å². The minimum atomic E-state index is -4.56. The molecule has 0 N–H and O–H groups in total. The van der Waals surface area contributed by atoms with Crippen molar-refractivity contribution in [3.8, 4) is 0 Å². The van der Waals surface area contributed by atoms with Crippen LogP contribution in [0.2, 0.25) is 0 Å². The standard InChI is InChI=1S/C4H9F3O3Si.C2H8OSi/c1-8-11(9-2,10-3)4(5,6)7;1-2-3-4/h1-3H3;2H2,1,4H3. The number of halogens is 3. The Balaban J connectivity index is 0. The Kier molecular flexibility index (Phi) is 9.59. The first kappa shape index (κ1) is 17.5. The van der Waals surface area contributed by atoms with E-state index in [1.54, 1.807) is 0 Å². The molecule has 0 spiro atoms. The largest absolute Gasteiger partial charge is 0.615 e. The van der Waals surface area contributed by atoms with Crippen molar-refractivity contribution in [2.45, 2.75) is 12.7 Å². The minimum Gasteiger partial charge on any atom is -0.428 e. The Labute approximate surface area is 91.6 Å². The van der Waals surface area contributed by atoms with Crippen LogP contribution < -0.4 is 0 Å². The maximum Gasteiger partial charge on any atom is 0.615 e. The topological polar surface area (TPSA) is 36.9 Å². The fourth-order valence-electron chi connectivity index (χ4n) is 0.597. The molecule has 0 heterocycles. The Bertz CT molecular complexity index is 142. The van der Waals surface area contributed by atoms with E-state index in [2.05, 4.69) is 17.7 Å². The van der Waals surface area contributed by atoms with Crippen LogP contribution in [0.3, 0.4) is 0 Å². The highest BCUT2D eigenvalue weighted by Gasteiger charge is 2.65. The van der Waals surface area contributed by atoms with Gasteiger partial charge < -0.3 is 17.7 Å².